The number of nitrogens with two attached hydrogens (primary N) is 1. The summed E-state index contributed by atoms with van der Waals surface area (Å²) in [6, 6.07) is 61.8. The van der Waals surface area contributed by atoms with Crippen molar-refractivity contribution in [1.82, 2.24) is 5.32 Å². The van der Waals surface area contributed by atoms with Gasteiger partial charge >= 0.3 is 0 Å². The van der Waals surface area contributed by atoms with Crippen LogP contribution in [0.2, 0.25) is 0 Å². The Kier molecular flexibility index (Phi) is 8.30. The van der Waals surface area contributed by atoms with Crippen molar-refractivity contribution in [3.63, 3.8) is 0 Å². The molecule has 1 aliphatic carbocycles. The number of hydrogen-bond acceptors (Lipinski definition) is 4. The lowest BCUT2D eigenvalue weighted by Gasteiger charge is -2.41. The number of ether oxygens (including phenoxy) is 1. The monoisotopic (exact) mass is 721 g/mol. The average molecular weight is 722 g/mol. The van der Waals surface area contributed by atoms with Crippen molar-refractivity contribution in [3.05, 3.63) is 239 Å². The third kappa shape index (κ3) is 5.66. The second kappa shape index (κ2) is 13.9. The minimum atomic E-state index is -0.523. The maximum atomic E-state index is 6.76. The average Bonchev–Trinajstić information content (AvgIpc) is 3.56. The van der Waals surface area contributed by atoms with Crippen molar-refractivity contribution >= 4 is 17.0 Å². The third-order valence-electron chi connectivity index (χ3n) is 11.2. The van der Waals surface area contributed by atoms with Gasteiger partial charge in [-0.15, -0.1) is 0 Å². The van der Waals surface area contributed by atoms with Crippen LogP contribution in [0, 0.1) is 0 Å². The Morgan fingerprint density at radius 1 is 0.607 bits per heavy atom. The molecule has 4 heteroatoms. The van der Waals surface area contributed by atoms with Gasteiger partial charge in [-0.3, -0.25) is 4.99 Å². The number of rotatable bonds is 7. The molecule has 2 heterocycles. The minimum Gasteiger partial charge on any atom is -0.457 e. The second-order valence-electron chi connectivity index (χ2n) is 14.5. The van der Waals surface area contributed by atoms with E-state index < -0.39 is 5.41 Å². The van der Waals surface area contributed by atoms with Crippen molar-refractivity contribution in [2.45, 2.75) is 12.0 Å². The van der Waals surface area contributed by atoms with E-state index >= 15 is 0 Å². The molecular formula is C52H39N3O. The molecule has 1 spiro atoms. The molecule has 2 aliphatic heterocycles. The van der Waals surface area contributed by atoms with Gasteiger partial charge in [0, 0.05) is 34.6 Å². The number of dihydropyridines is 1. The molecule has 0 saturated heterocycles. The van der Waals surface area contributed by atoms with Crippen LogP contribution in [-0.2, 0) is 12.0 Å². The molecule has 0 aromatic heterocycles. The van der Waals surface area contributed by atoms with Gasteiger partial charge in [0.2, 0.25) is 0 Å². The van der Waals surface area contributed by atoms with Gasteiger partial charge in [0.25, 0.3) is 0 Å². The molecule has 7 aromatic rings. The van der Waals surface area contributed by atoms with E-state index in [1.807, 2.05) is 42.5 Å². The number of nitrogens with one attached hydrogen (secondary N) is 1. The zero-order chi connectivity index (χ0) is 37.5. The zero-order valence-electron chi connectivity index (χ0n) is 30.8. The molecule has 7 aromatic carbocycles. The lowest BCUT2D eigenvalue weighted by atomic mass is 9.67. The van der Waals surface area contributed by atoms with Crippen LogP contribution < -0.4 is 15.8 Å². The predicted octanol–water partition coefficient (Wildman–Crippen LogP) is 11.3. The summed E-state index contributed by atoms with van der Waals surface area (Å²) in [5.74, 6) is 1.79. The summed E-state index contributed by atoms with van der Waals surface area (Å²) in [6.07, 6.45) is 6.49. The largest absolute Gasteiger partial charge is 0.457 e. The fourth-order valence-corrected chi connectivity index (χ4v) is 8.59. The second-order valence-corrected chi connectivity index (χ2v) is 14.5. The summed E-state index contributed by atoms with van der Waals surface area (Å²) in [5.41, 5.74) is 22.8. The normalized spacial score (nSPS) is 15.0. The highest BCUT2D eigenvalue weighted by Gasteiger charge is 2.52. The fourth-order valence-electron chi connectivity index (χ4n) is 8.59. The first kappa shape index (κ1) is 33.4. The molecule has 10 rings (SSSR count). The minimum absolute atomic E-state index is 0.523. The summed E-state index contributed by atoms with van der Waals surface area (Å²) in [5, 5.41) is 3.82. The third-order valence-corrected chi connectivity index (χ3v) is 11.2. The number of nitrogens with zero attached hydrogens (tertiary/aromatic N) is 1. The molecule has 0 fully saturated rings. The first-order chi connectivity index (χ1) is 27.7. The summed E-state index contributed by atoms with van der Waals surface area (Å²) in [6.45, 7) is 1.36. The van der Waals surface area contributed by atoms with Gasteiger partial charge in [0.05, 0.1) is 17.7 Å². The van der Waals surface area contributed by atoms with Crippen molar-refractivity contribution in [2.75, 3.05) is 6.54 Å². The Bertz CT molecular complexity index is 2690. The van der Waals surface area contributed by atoms with Gasteiger partial charge in [-0.25, -0.2) is 0 Å². The summed E-state index contributed by atoms with van der Waals surface area (Å²) >= 11 is 0. The Hall–Kier alpha value is -7.17. The SMILES string of the molecule is N/C(=C\C(=NCc1ccccc1)c1ccccc1)c1ccc(-c2cccc(-c3ccc4c(c3)C3(C5=C4C=CCN5)c4ccccc4Oc4ccccc43)c2)cc1. The Morgan fingerprint density at radius 3 is 1.96 bits per heavy atom. The smallest absolute Gasteiger partial charge is 0.132 e. The molecule has 3 aliphatic rings. The van der Waals surface area contributed by atoms with Crippen molar-refractivity contribution in [3.8, 4) is 33.8 Å². The quantitative estimate of drug-likeness (QED) is 0.161. The van der Waals surface area contributed by atoms with Gasteiger partial charge in [0.1, 0.15) is 11.5 Å². The lowest BCUT2D eigenvalue weighted by molar-refractivity contribution is 0.429. The van der Waals surface area contributed by atoms with Gasteiger partial charge < -0.3 is 15.8 Å². The number of hydrogen-bond donors (Lipinski definition) is 2. The van der Waals surface area contributed by atoms with Crippen LogP contribution in [-0.4, -0.2) is 12.3 Å². The molecule has 0 radical (unpaired) electrons. The van der Waals surface area contributed by atoms with E-state index in [-0.39, 0.29) is 0 Å². The van der Waals surface area contributed by atoms with Crippen molar-refractivity contribution in [1.29, 1.82) is 0 Å². The van der Waals surface area contributed by atoms with Gasteiger partial charge in [-0.05, 0) is 80.4 Å². The van der Waals surface area contributed by atoms with Crippen LogP contribution in [0.3, 0.4) is 0 Å². The molecule has 0 bridgehead atoms. The first-order valence-corrected chi connectivity index (χ1v) is 19.2. The highest BCUT2D eigenvalue weighted by Crippen LogP contribution is 2.61. The summed E-state index contributed by atoms with van der Waals surface area (Å²) in [4.78, 5) is 4.97. The molecule has 0 unspecified atom stereocenters. The van der Waals surface area contributed by atoms with Crippen molar-refractivity contribution in [2.24, 2.45) is 10.7 Å². The van der Waals surface area contributed by atoms with Gasteiger partial charge in [-0.2, -0.15) is 0 Å². The van der Waals surface area contributed by atoms with Crippen LogP contribution in [0.25, 0.3) is 33.5 Å². The van der Waals surface area contributed by atoms with E-state index in [0.717, 1.165) is 68.3 Å². The van der Waals surface area contributed by atoms with Crippen molar-refractivity contribution < 1.29 is 4.74 Å². The highest BCUT2D eigenvalue weighted by atomic mass is 16.5. The number of fused-ring (bicyclic) bond motifs is 8. The van der Waals surface area contributed by atoms with E-state index in [9.17, 15) is 0 Å². The first-order valence-electron chi connectivity index (χ1n) is 19.2. The lowest BCUT2D eigenvalue weighted by Crippen LogP contribution is -2.39. The fraction of sp³-hybridized carbons (Fsp3) is 0.0577. The number of aliphatic imine (C=N–C) groups is 1. The van der Waals surface area contributed by atoms with E-state index in [2.05, 4.69) is 157 Å². The Balaban J connectivity index is 0.998. The van der Waals surface area contributed by atoms with Gasteiger partial charge in [-0.1, -0.05) is 164 Å². The van der Waals surface area contributed by atoms with E-state index in [4.69, 9.17) is 15.5 Å². The van der Waals surface area contributed by atoms with Crippen LogP contribution in [0.15, 0.2) is 205 Å². The van der Waals surface area contributed by atoms with Crippen LogP contribution in [0.5, 0.6) is 11.5 Å². The number of benzene rings is 7. The maximum Gasteiger partial charge on any atom is 0.132 e. The summed E-state index contributed by atoms with van der Waals surface area (Å²) < 4.78 is 6.54. The Labute approximate surface area is 327 Å². The van der Waals surface area contributed by atoms with Crippen LogP contribution in [0.1, 0.15) is 38.9 Å². The molecule has 3 N–H and O–H groups in total. The number of allylic oxidation sites excluding steroid dienone is 4. The predicted molar refractivity (Wildman–Crippen MR) is 230 cm³/mol. The Morgan fingerprint density at radius 2 is 1.23 bits per heavy atom. The topological polar surface area (TPSA) is 59.6 Å². The molecule has 0 atom stereocenters. The maximum absolute atomic E-state index is 6.76. The molecule has 0 saturated carbocycles. The molecule has 0 amide bonds. The van der Waals surface area contributed by atoms with Crippen LogP contribution >= 0.6 is 0 Å². The van der Waals surface area contributed by atoms with Crippen LogP contribution in [0.4, 0.5) is 0 Å². The zero-order valence-corrected chi connectivity index (χ0v) is 30.8. The standard InChI is InChI=1S/C52H39N3O/c53-47(33-48(38-15-5-2-6-16-38)55-34-35-13-3-1-4-14-35)37-26-24-36(25-27-37)39-17-11-18-40(31-39)41-28-29-42-43-19-12-30-54-51(43)52(46(42)32-41)44-20-7-9-22-49(44)56-50-23-10-8-21-45(50)52/h1-29,31-33,54H,30,34,53H2/b47-33-,55-48?. The van der Waals surface area contributed by atoms with E-state index in [1.54, 1.807) is 0 Å². The van der Waals surface area contributed by atoms with Gasteiger partial charge in [0.15, 0.2) is 0 Å². The highest BCUT2D eigenvalue weighted by molar-refractivity contribution is 6.12. The molecule has 4 nitrogen and oxygen atoms in total. The number of para-hydroxylation sites is 2. The molecule has 56 heavy (non-hydrogen) atoms. The van der Waals surface area contributed by atoms with E-state index in [1.165, 1.54) is 28.0 Å². The summed E-state index contributed by atoms with van der Waals surface area (Å²) in [7, 11) is 0. The molecular weight excluding hydrogens is 683 g/mol. The van der Waals surface area contributed by atoms with E-state index in [0.29, 0.717) is 12.2 Å². The molecule has 268 valence electrons.